The van der Waals surface area contributed by atoms with E-state index in [9.17, 15) is 8.42 Å². The average Bonchev–Trinajstić information content (AvgIpc) is 2.41. The first-order valence-electron chi connectivity index (χ1n) is 5.37. The summed E-state index contributed by atoms with van der Waals surface area (Å²) in [5, 5.41) is 8.85. The molecule has 9 heteroatoms. The Kier molecular flexibility index (Phi) is 3.91. The number of nitriles is 1. The number of anilines is 1. The maximum atomic E-state index is 12.3. The molecule has 1 fully saturated rings. The van der Waals surface area contributed by atoms with Crippen molar-refractivity contribution in [3.8, 4) is 6.07 Å². The van der Waals surface area contributed by atoms with Gasteiger partial charge in [-0.05, 0) is 6.07 Å². The summed E-state index contributed by atoms with van der Waals surface area (Å²) in [4.78, 5) is 3.67. The number of nitrogen functional groups attached to an aromatic ring is 1. The molecular weight excluding hydrogens is 292 g/mol. The Hall–Kier alpha value is -1.40. The van der Waals surface area contributed by atoms with Crippen LogP contribution in [0, 0.1) is 11.3 Å². The minimum Gasteiger partial charge on any atom is -0.382 e. The predicted octanol–water partition coefficient (Wildman–Crippen LogP) is 0.230. The van der Waals surface area contributed by atoms with Crippen LogP contribution < -0.4 is 5.73 Å². The van der Waals surface area contributed by atoms with Gasteiger partial charge in [0.15, 0.2) is 6.10 Å². The first-order chi connectivity index (χ1) is 8.95. The highest BCUT2D eigenvalue weighted by molar-refractivity contribution is 7.89. The topological polar surface area (TPSA) is 109 Å². The Balaban J connectivity index is 2.31. The van der Waals surface area contributed by atoms with Crippen molar-refractivity contribution in [2.45, 2.75) is 11.0 Å². The molecule has 1 aliphatic rings. The van der Waals surface area contributed by atoms with Crippen molar-refractivity contribution in [3.63, 3.8) is 0 Å². The predicted molar refractivity (Wildman–Crippen MR) is 67.8 cm³/mol. The van der Waals surface area contributed by atoms with Crippen LogP contribution in [0.25, 0.3) is 0 Å². The van der Waals surface area contributed by atoms with Crippen LogP contribution >= 0.6 is 11.6 Å². The van der Waals surface area contributed by atoms with Crippen molar-refractivity contribution < 1.29 is 13.2 Å². The first kappa shape index (κ1) is 14.0. The van der Waals surface area contributed by atoms with Crippen molar-refractivity contribution in [1.29, 1.82) is 5.26 Å². The molecule has 1 aromatic rings. The van der Waals surface area contributed by atoms with E-state index in [1.165, 1.54) is 10.4 Å². The van der Waals surface area contributed by atoms with Gasteiger partial charge in [0, 0.05) is 12.7 Å². The number of hydrogen-bond acceptors (Lipinski definition) is 6. The quantitative estimate of drug-likeness (QED) is 0.837. The largest absolute Gasteiger partial charge is 0.382 e. The summed E-state index contributed by atoms with van der Waals surface area (Å²) in [6.45, 7) is 0.344. The summed E-state index contributed by atoms with van der Waals surface area (Å²) < 4.78 is 30.9. The van der Waals surface area contributed by atoms with E-state index >= 15 is 0 Å². The number of morpholine rings is 1. The average molecular weight is 303 g/mol. The fourth-order valence-electron chi connectivity index (χ4n) is 1.64. The normalized spacial score (nSPS) is 20.9. The minimum atomic E-state index is -3.74. The summed E-state index contributed by atoms with van der Waals surface area (Å²) in [7, 11) is -3.74. The zero-order valence-electron chi connectivity index (χ0n) is 9.78. The molecule has 2 heterocycles. The van der Waals surface area contributed by atoms with Crippen molar-refractivity contribution in [2.75, 3.05) is 25.4 Å². The molecule has 1 aliphatic heterocycles. The highest BCUT2D eigenvalue weighted by Crippen LogP contribution is 2.23. The molecular formula is C10H11ClN4O3S. The molecule has 1 unspecified atom stereocenters. The number of sulfonamides is 1. The number of nitrogens with two attached hydrogens (primary N) is 1. The molecule has 0 amide bonds. The molecule has 1 saturated heterocycles. The van der Waals surface area contributed by atoms with E-state index in [2.05, 4.69) is 4.98 Å². The summed E-state index contributed by atoms with van der Waals surface area (Å²) in [5.74, 6) is 0.0671. The smallest absolute Gasteiger partial charge is 0.244 e. The first-order valence-corrected chi connectivity index (χ1v) is 7.19. The van der Waals surface area contributed by atoms with Gasteiger partial charge in [-0.2, -0.15) is 9.57 Å². The Morgan fingerprint density at radius 1 is 1.63 bits per heavy atom. The summed E-state index contributed by atoms with van der Waals surface area (Å²) >= 11 is 5.77. The van der Waals surface area contributed by atoms with E-state index < -0.39 is 16.1 Å². The number of rotatable bonds is 2. The summed E-state index contributed by atoms with van der Waals surface area (Å²) in [6.07, 6.45) is 0.383. The lowest BCUT2D eigenvalue weighted by Crippen LogP contribution is -2.45. The third-order valence-electron chi connectivity index (χ3n) is 2.66. The van der Waals surface area contributed by atoms with Crippen LogP contribution in [0.15, 0.2) is 17.2 Å². The molecule has 19 heavy (non-hydrogen) atoms. The Labute approximate surface area is 115 Å². The highest BCUT2D eigenvalue weighted by atomic mass is 35.5. The third kappa shape index (κ3) is 2.79. The molecule has 2 rings (SSSR count). The lowest BCUT2D eigenvalue weighted by Gasteiger charge is -2.28. The van der Waals surface area contributed by atoms with Crippen LogP contribution in [0.1, 0.15) is 0 Å². The molecule has 102 valence electrons. The number of hydrogen-bond donors (Lipinski definition) is 1. The second-order valence-corrected chi connectivity index (χ2v) is 6.23. The van der Waals surface area contributed by atoms with E-state index in [0.29, 0.717) is 0 Å². The maximum absolute atomic E-state index is 12.3. The van der Waals surface area contributed by atoms with Gasteiger partial charge in [-0.3, -0.25) is 0 Å². The van der Waals surface area contributed by atoms with Gasteiger partial charge in [-0.25, -0.2) is 13.4 Å². The van der Waals surface area contributed by atoms with Crippen LogP contribution in [0.5, 0.6) is 0 Å². The lowest BCUT2D eigenvalue weighted by molar-refractivity contribution is 0.0311. The number of nitrogens with zero attached hydrogens (tertiary/aromatic N) is 3. The van der Waals surface area contributed by atoms with Gasteiger partial charge in [0.25, 0.3) is 0 Å². The van der Waals surface area contributed by atoms with E-state index in [4.69, 9.17) is 27.3 Å². The Bertz CT molecular complexity index is 628. The number of pyridine rings is 1. The SMILES string of the molecule is N#CC1CN(S(=O)(=O)c2cnc(N)c(Cl)c2)CCO1. The molecule has 0 bridgehead atoms. The van der Waals surface area contributed by atoms with E-state index in [1.807, 2.05) is 6.07 Å². The van der Waals surface area contributed by atoms with Crippen LogP contribution in [0.2, 0.25) is 5.02 Å². The van der Waals surface area contributed by atoms with Crippen LogP contribution in [-0.2, 0) is 14.8 Å². The van der Waals surface area contributed by atoms with E-state index in [0.717, 1.165) is 6.20 Å². The molecule has 0 aromatic carbocycles. The molecule has 7 nitrogen and oxygen atoms in total. The molecule has 0 spiro atoms. The van der Waals surface area contributed by atoms with Gasteiger partial charge >= 0.3 is 0 Å². The fraction of sp³-hybridized carbons (Fsp3) is 0.400. The van der Waals surface area contributed by atoms with Crippen molar-refractivity contribution >= 4 is 27.4 Å². The maximum Gasteiger partial charge on any atom is 0.244 e. The van der Waals surface area contributed by atoms with E-state index in [1.54, 1.807) is 0 Å². The number of ether oxygens (including phenoxy) is 1. The second-order valence-electron chi connectivity index (χ2n) is 3.89. The number of aromatic nitrogens is 1. The van der Waals surface area contributed by atoms with Crippen molar-refractivity contribution in [2.24, 2.45) is 0 Å². The van der Waals surface area contributed by atoms with Gasteiger partial charge in [-0.1, -0.05) is 11.6 Å². The van der Waals surface area contributed by atoms with Gasteiger partial charge in [0.2, 0.25) is 10.0 Å². The minimum absolute atomic E-state index is 0.0131. The van der Waals surface area contributed by atoms with Gasteiger partial charge in [0.05, 0.1) is 24.2 Å². The molecule has 0 aliphatic carbocycles. The Morgan fingerprint density at radius 3 is 3.00 bits per heavy atom. The molecule has 1 atom stereocenters. The summed E-state index contributed by atoms with van der Waals surface area (Å²) in [5.41, 5.74) is 5.44. The van der Waals surface area contributed by atoms with Gasteiger partial charge in [0.1, 0.15) is 10.7 Å². The second kappa shape index (κ2) is 5.30. The molecule has 2 N–H and O–H groups in total. The molecule has 1 aromatic heterocycles. The molecule has 0 radical (unpaired) electrons. The van der Waals surface area contributed by atoms with Crippen LogP contribution in [-0.4, -0.2) is 43.5 Å². The zero-order chi connectivity index (χ0) is 14.0. The van der Waals surface area contributed by atoms with Gasteiger partial charge < -0.3 is 10.5 Å². The van der Waals surface area contributed by atoms with Crippen LogP contribution in [0.4, 0.5) is 5.82 Å². The third-order valence-corrected chi connectivity index (χ3v) is 4.79. The van der Waals surface area contributed by atoms with Gasteiger partial charge in [-0.15, -0.1) is 0 Å². The van der Waals surface area contributed by atoms with Crippen LogP contribution in [0.3, 0.4) is 0 Å². The molecule has 0 saturated carbocycles. The lowest BCUT2D eigenvalue weighted by atomic mass is 10.3. The fourth-order valence-corrected chi connectivity index (χ4v) is 3.27. The monoisotopic (exact) mass is 302 g/mol. The summed E-state index contributed by atoms with van der Waals surface area (Å²) in [6, 6.07) is 3.13. The van der Waals surface area contributed by atoms with E-state index in [-0.39, 0.29) is 35.4 Å². The Morgan fingerprint density at radius 2 is 2.37 bits per heavy atom. The standard InChI is InChI=1S/C10H11ClN4O3S/c11-9-3-8(5-14-10(9)13)19(16,17)15-1-2-18-7(4-12)6-15/h3,5,7H,1-2,6H2,(H2,13,14). The van der Waals surface area contributed by atoms with Crippen molar-refractivity contribution in [1.82, 2.24) is 9.29 Å². The van der Waals surface area contributed by atoms with Crippen molar-refractivity contribution in [3.05, 3.63) is 17.3 Å². The highest BCUT2D eigenvalue weighted by Gasteiger charge is 2.31. The zero-order valence-corrected chi connectivity index (χ0v) is 11.4. The number of halogens is 1.